The summed E-state index contributed by atoms with van der Waals surface area (Å²) in [6.07, 6.45) is 3.19. The van der Waals surface area contributed by atoms with Gasteiger partial charge >= 0.3 is 5.97 Å². The lowest BCUT2D eigenvalue weighted by Gasteiger charge is -2.11. The van der Waals surface area contributed by atoms with Crippen molar-refractivity contribution in [3.63, 3.8) is 0 Å². The third-order valence-electron chi connectivity index (χ3n) is 3.29. The van der Waals surface area contributed by atoms with Crippen LogP contribution >= 0.6 is 0 Å². The van der Waals surface area contributed by atoms with Crippen LogP contribution in [0.15, 0.2) is 18.2 Å². The molecule has 4 nitrogen and oxygen atoms in total. The highest BCUT2D eigenvalue weighted by atomic mass is 16.5. The third-order valence-corrected chi connectivity index (χ3v) is 3.29. The van der Waals surface area contributed by atoms with E-state index >= 15 is 0 Å². The molecular weight excluding hydrogens is 230 g/mol. The molecule has 1 aliphatic rings. The van der Waals surface area contributed by atoms with Crippen LogP contribution in [-0.2, 0) is 9.47 Å². The maximum atomic E-state index is 11.9. The maximum Gasteiger partial charge on any atom is 0.338 e. The van der Waals surface area contributed by atoms with Crippen molar-refractivity contribution in [1.29, 1.82) is 0 Å². The van der Waals surface area contributed by atoms with E-state index in [-0.39, 0.29) is 12.1 Å². The Labute approximate surface area is 107 Å². The Bertz CT molecular complexity index is 425. The number of carbonyl (C=O) groups excluding carboxylic acids is 1. The minimum Gasteiger partial charge on any atom is -0.462 e. The van der Waals surface area contributed by atoms with Crippen molar-refractivity contribution in [1.82, 2.24) is 0 Å². The number of nitrogen functional groups attached to an aromatic ring is 1. The van der Waals surface area contributed by atoms with Crippen LogP contribution < -0.4 is 5.73 Å². The van der Waals surface area contributed by atoms with Gasteiger partial charge < -0.3 is 15.2 Å². The molecule has 1 unspecified atom stereocenters. The normalized spacial score (nSPS) is 18.8. The molecule has 0 saturated carbocycles. The molecule has 1 aromatic carbocycles. The van der Waals surface area contributed by atoms with E-state index in [9.17, 15) is 4.79 Å². The third kappa shape index (κ3) is 3.01. The highest BCUT2D eigenvalue weighted by Gasteiger charge is 2.17. The molecule has 98 valence electrons. The predicted molar refractivity (Wildman–Crippen MR) is 69.5 cm³/mol. The van der Waals surface area contributed by atoms with Gasteiger partial charge in [-0.05, 0) is 37.5 Å². The van der Waals surface area contributed by atoms with Gasteiger partial charge in [0, 0.05) is 18.7 Å². The number of nitrogens with two attached hydrogens (primary N) is 1. The molecule has 1 aromatic rings. The van der Waals surface area contributed by atoms with Crippen LogP contribution in [0.2, 0.25) is 0 Å². The molecular formula is C14H19NO3. The van der Waals surface area contributed by atoms with Gasteiger partial charge in [0.15, 0.2) is 0 Å². The number of ether oxygens (including phenoxy) is 2. The van der Waals surface area contributed by atoms with Crippen molar-refractivity contribution < 1.29 is 14.3 Å². The van der Waals surface area contributed by atoms with Crippen LogP contribution in [0.3, 0.4) is 0 Å². The Morgan fingerprint density at radius 2 is 2.39 bits per heavy atom. The fraction of sp³-hybridized carbons (Fsp3) is 0.500. The average Bonchev–Trinajstić information content (AvgIpc) is 2.85. The molecule has 0 spiro atoms. The number of anilines is 1. The number of hydrogen-bond donors (Lipinski definition) is 1. The molecule has 0 aromatic heterocycles. The molecule has 0 amide bonds. The van der Waals surface area contributed by atoms with Crippen molar-refractivity contribution >= 4 is 11.7 Å². The summed E-state index contributed by atoms with van der Waals surface area (Å²) in [6, 6.07) is 5.28. The number of esters is 1. The fourth-order valence-corrected chi connectivity index (χ4v) is 2.11. The lowest BCUT2D eigenvalue weighted by molar-refractivity contribution is 0.0385. The van der Waals surface area contributed by atoms with E-state index < -0.39 is 0 Å². The summed E-state index contributed by atoms with van der Waals surface area (Å²) in [4.78, 5) is 11.9. The Morgan fingerprint density at radius 1 is 1.56 bits per heavy atom. The van der Waals surface area contributed by atoms with Crippen LogP contribution in [0.1, 0.15) is 35.2 Å². The highest BCUT2D eigenvalue weighted by molar-refractivity contribution is 5.92. The molecule has 0 bridgehead atoms. The lowest BCUT2D eigenvalue weighted by Crippen LogP contribution is -2.14. The molecule has 0 aliphatic carbocycles. The van der Waals surface area contributed by atoms with Gasteiger partial charge in [-0.3, -0.25) is 0 Å². The first-order chi connectivity index (χ1) is 8.68. The summed E-state index contributed by atoms with van der Waals surface area (Å²) in [5.41, 5.74) is 7.69. The Morgan fingerprint density at radius 3 is 3.11 bits per heavy atom. The lowest BCUT2D eigenvalue weighted by atomic mass is 10.1. The van der Waals surface area contributed by atoms with Crippen LogP contribution in [-0.4, -0.2) is 25.3 Å². The Kier molecular flexibility index (Phi) is 4.20. The molecule has 1 aliphatic heterocycles. The molecule has 0 radical (unpaired) electrons. The summed E-state index contributed by atoms with van der Waals surface area (Å²) < 4.78 is 10.7. The second kappa shape index (κ2) is 5.87. The van der Waals surface area contributed by atoms with Gasteiger partial charge in [0.1, 0.15) is 0 Å². The van der Waals surface area contributed by atoms with E-state index in [1.54, 1.807) is 18.2 Å². The SMILES string of the molecule is Cc1c(N)cccc1C(=O)OCCC1CCCO1. The monoisotopic (exact) mass is 249 g/mol. The number of rotatable bonds is 4. The van der Waals surface area contributed by atoms with E-state index in [1.807, 2.05) is 6.92 Å². The first-order valence-corrected chi connectivity index (χ1v) is 6.32. The number of carbonyl (C=O) groups is 1. The molecule has 2 N–H and O–H groups in total. The van der Waals surface area contributed by atoms with Crippen molar-refractivity contribution in [2.75, 3.05) is 18.9 Å². The molecule has 2 rings (SSSR count). The van der Waals surface area contributed by atoms with E-state index in [2.05, 4.69) is 0 Å². The topological polar surface area (TPSA) is 61.6 Å². The summed E-state index contributed by atoms with van der Waals surface area (Å²) >= 11 is 0. The van der Waals surface area contributed by atoms with Gasteiger partial charge in [0.25, 0.3) is 0 Å². The van der Waals surface area contributed by atoms with Gasteiger partial charge in [0.2, 0.25) is 0 Å². The average molecular weight is 249 g/mol. The van der Waals surface area contributed by atoms with Crippen LogP contribution in [0.5, 0.6) is 0 Å². The van der Waals surface area contributed by atoms with Crippen LogP contribution in [0.25, 0.3) is 0 Å². The number of hydrogen-bond acceptors (Lipinski definition) is 4. The van der Waals surface area contributed by atoms with Crippen LogP contribution in [0, 0.1) is 6.92 Å². The first kappa shape index (κ1) is 12.9. The van der Waals surface area contributed by atoms with E-state index in [0.29, 0.717) is 17.9 Å². The Hall–Kier alpha value is -1.55. The van der Waals surface area contributed by atoms with Gasteiger partial charge in [-0.15, -0.1) is 0 Å². The van der Waals surface area contributed by atoms with Gasteiger partial charge in [-0.1, -0.05) is 6.07 Å². The smallest absolute Gasteiger partial charge is 0.338 e. The van der Waals surface area contributed by atoms with Crippen molar-refractivity contribution in [2.24, 2.45) is 0 Å². The fourth-order valence-electron chi connectivity index (χ4n) is 2.11. The van der Waals surface area contributed by atoms with E-state index in [4.69, 9.17) is 15.2 Å². The van der Waals surface area contributed by atoms with Gasteiger partial charge in [0.05, 0.1) is 18.3 Å². The molecule has 1 saturated heterocycles. The van der Waals surface area contributed by atoms with E-state index in [1.165, 1.54) is 0 Å². The maximum absolute atomic E-state index is 11.9. The molecule has 18 heavy (non-hydrogen) atoms. The predicted octanol–water partition coefficient (Wildman–Crippen LogP) is 2.30. The minimum absolute atomic E-state index is 0.250. The highest BCUT2D eigenvalue weighted by Crippen LogP contribution is 2.18. The number of benzene rings is 1. The summed E-state index contributed by atoms with van der Waals surface area (Å²) in [6.45, 7) is 3.05. The summed E-state index contributed by atoms with van der Waals surface area (Å²) in [5, 5.41) is 0. The molecule has 1 fully saturated rings. The van der Waals surface area contributed by atoms with Crippen molar-refractivity contribution in [3.8, 4) is 0 Å². The zero-order valence-corrected chi connectivity index (χ0v) is 10.6. The van der Waals surface area contributed by atoms with Gasteiger partial charge in [-0.2, -0.15) is 0 Å². The standard InChI is InChI=1S/C14H19NO3/c1-10-12(5-2-6-13(10)15)14(16)18-9-7-11-4-3-8-17-11/h2,5-6,11H,3-4,7-9,15H2,1H3. The zero-order chi connectivity index (χ0) is 13.0. The second-order valence-corrected chi connectivity index (χ2v) is 4.58. The first-order valence-electron chi connectivity index (χ1n) is 6.32. The minimum atomic E-state index is -0.308. The van der Waals surface area contributed by atoms with E-state index in [0.717, 1.165) is 31.4 Å². The largest absolute Gasteiger partial charge is 0.462 e. The molecule has 1 atom stereocenters. The summed E-state index contributed by atoms with van der Waals surface area (Å²) in [5.74, 6) is -0.308. The quantitative estimate of drug-likeness (QED) is 0.657. The zero-order valence-electron chi connectivity index (χ0n) is 10.6. The summed E-state index contributed by atoms with van der Waals surface area (Å²) in [7, 11) is 0. The van der Waals surface area contributed by atoms with Gasteiger partial charge in [-0.25, -0.2) is 4.79 Å². The molecule has 4 heteroatoms. The van der Waals surface area contributed by atoms with Crippen molar-refractivity contribution in [3.05, 3.63) is 29.3 Å². The Balaban J connectivity index is 1.85. The molecule has 1 heterocycles. The van der Waals surface area contributed by atoms with Crippen LogP contribution in [0.4, 0.5) is 5.69 Å². The second-order valence-electron chi connectivity index (χ2n) is 4.58. The van der Waals surface area contributed by atoms with Crippen molar-refractivity contribution in [2.45, 2.75) is 32.3 Å².